The predicted molar refractivity (Wildman–Crippen MR) is 97.0 cm³/mol. The van der Waals surface area contributed by atoms with Crippen molar-refractivity contribution < 1.29 is 4.79 Å². The third-order valence-corrected chi connectivity index (χ3v) is 4.96. The first kappa shape index (κ1) is 17.3. The van der Waals surface area contributed by atoms with Crippen LogP contribution >= 0.6 is 0 Å². The summed E-state index contributed by atoms with van der Waals surface area (Å²) in [6.07, 6.45) is 10.5. The summed E-state index contributed by atoms with van der Waals surface area (Å²) < 4.78 is 3.99. The number of aryl methyl sites for hydroxylation is 1. The van der Waals surface area contributed by atoms with Gasteiger partial charge in [0.2, 0.25) is 0 Å². The second kappa shape index (κ2) is 7.26. The van der Waals surface area contributed by atoms with Crippen LogP contribution in [-0.2, 0) is 13.6 Å². The molecule has 1 atom stereocenters. The normalized spacial score (nSPS) is 17.3. The van der Waals surface area contributed by atoms with E-state index < -0.39 is 0 Å². The van der Waals surface area contributed by atoms with E-state index in [0.717, 1.165) is 36.7 Å². The number of carbonyl (C=O) groups excluding carboxylic acids is 1. The van der Waals surface area contributed by atoms with Crippen LogP contribution in [0.1, 0.15) is 46.6 Å². The number of aromatic nitrogens is 7. The molecule has 3 aromatic rings. The molecule has 1 fully saturated rings. The minimum absolute atomic E-state index is 0.0759. The van der Waals surface area contributed by atoms with E-state index >= 15 is 0 Å². The Morgan fingerprint density at radius 3 is 2.89 bits per heavy atom. The number of amides is 1. The highest BCUT2D eigenvalue weighted by atomic mass is 16.2. The molecule has 4 rings (SSSR count). The third kappa shape index (κ3) is 3.57. The number of nitrogens with zero attached hydrogens (tertiary/aromatic N) is 8. The summed E-state index contributed by atoms with van der Waals surface area (Å²) in [4.78, 5) is 27.1. The van der Waals surface area contributed by atoms with Crippen molar-refractivity contribution in [2.24, 2.45) is 7.05 Å². The predicted octanol–water partition coefficient (Wildman–Crippen LogP) is 1.18. The highest BCUT2D eigenvalue weighted by molar-refractivity contribution is 5.92. The largest absolute Gasteiger partial charge is 0.337 e. The molecule has 0 N–H and O–H groups in total. The van der Waals surface area contributed by atoms with Crippen LogP contribution in [0.4, 0.5) is 0 Å². The van der Waals surface area contributed by atoms with Crippen LogP contribution in [0.25, 0.3) is 0 Å². The summed E-state index contributed by atoms with van der Waals surface area (Å²) in [5.74, 6) is 1.87. The molecule has 9 heteroatoms. The smallest absolute Gasteiger partial charge is 0.274 e. The second-order valence-corrected chi connectivity index (χ2v) is 6.90. The number of imidazole rings is 1. The highest BCUT2D eigenvalue weighted by Crippen LogP contribution is 2.26. The van der Waals surface area contributed by atoms with Crippen LogP contribution in [0.3, 0.4) is 0 Å². The van der Waals surface area contributed by atoms with Gasteiger partial charge >= 0.3 is 0 Å². The average Bonchev–Trinajstić information content (AvgIpc) is 3.33. The van der Waals surface area contributed by atoms with Gasteiger partial charge in [-0.1, -0.05) is 0 Å². The Labute approximate surface area is 157 Å². The van der Waals surface area contributed by atoms with Crippen molar-refractivity contribution in [3.05, 3.63) is 54.2 Å². The molecule has 0 radical (unpaired) electrons. The minimum atomic E-state index is -0.0759. The number of hydrogen-bond acceptors (Lipinski definition) is 6. The van der Waals surface area contributed by atoms with Crippen molar-refractivity contribution in [1.29, 1.82) is 0 Å². The van der Waals surface area contributed by atoms with Crippen LogP contribution < -0.4 is 0 Å². The van der Waals surface area contributed by atoms with E-state index in [1.54, 1.807) is 24.9 Å². The van der Waals surface area contributed by atoms with Crippen LogP contribution in [0, 0.1) is 6.92 Å². The van der Waals surface area contributed by atoms with Gasteiger partial charge in [0.15, 0.2) is 5.82 Å². The molecule has 0 unspecified atom stereocenters. The van der Waals surface area contributed by atoms with Crippen LogP contribution in [0.2, 0.25) is 0 Å². The molecule has 0 aliphatic carbocycles. The van der Waals surface area contributed by atoms with E-state index in [-0.39, 0.29) is 11.8 Å². The van der Waals surface area contributed by atoms with Gasteiger partial charge in [-0.25, -0.2) is 9.97 Å². The number of rotatable bonds is 4. The quantitative estimate of drug-likeness (QED) is 0.688. The number of hydrogen-bond donors (Lipinski definition) is 0. The summed E-state index contributed by atoms with van der Waals surface area (Å²) in [6, 6.07) is 0. The van der Waals surface area contributed by atoms with Gasteiger partial charge in [0.05, 0.1) is 24.8 Å². The molecule has 1 aliphatic rings. The van der Waals surface area contributed by atoms with Crippen LogP contribution in [0.5, 0.6) is 0 Å². The monoisotopic (exact) mass is 366 g/mol. The van der Waals surface area contributed by atoms with Gasteiger partial charge in [0.1, 0.15) is 11.5 Å². The molecule has 1 amide bonds. The summed E-state index contributed by atoms with van der Waals surface area (Å²) in [5.41, 5.74) is 1.19. The van der Waals surface area contributed by atoms with Crippen LogP contribution in [-0.4, -0.2) is 58.2 Å². The summed E-state index contributed by atoms with van der Waals surface area (Å²) in [6.45, 7) is 3.82. The van der Waals surface area contributed by atoms with Crippen molar-refractivity contribution in [3.8, 4) is 0 Å². The molecular formula is C18H22N8O. The third-order valence-electron chi connectivity index (χ3n) is 4.96. The fraction of sp³-hybridized carbons (Fsp3) is 0.444. The number of carbonyl (C=O) groups is 1. The van der Waals surface area contributed by atoms with Crippen molar-refractivity contribution in [3.63, 3.8) is 0 Å². The number of likely N-dealkylation sites (tertiary alicyclic amines) is 1. The van der Waals surface area contributed by atoms with E-state index in [4.69, 9.17) is 0 Å². The lowest BCUT2D eigenvalue weighted by atomic mass is 9.97. The Bertz CT molecular complexity index is 916. The molecule has 0 spiro atoms. The van der Waals surface area contributed by atoms with Crippen LogP contribution in [0.15, 0.2) is 31.1 Å². The Hall–Kier alpha value is -3.10. The van der Waals surface area contributed by atoms with Gasteiger partial charge < -0.3 is 14.0 Å². The van der Waals surface area contributed by atoms with Crippen molar-refractivity contribution in [2.45, 2.75) is 32.2 Å². The van der Waals surface area contributed by atoms with Gasteiger partial charge in [0.25, 0.3) is 5.91 Å². The minimum Gasteiger partial charge on any atom is -0.337 e. The molecule has 0 saturated carbocycles. The SMILES string of the molecule is Cc1cnc(C(=O)N2CCC[C@@H](c3nnc(Cn4ccnc4)n3C)C2)cn1. The zero-order chi connectivity index (χ0) is 18.8. The first-order chi connectivity index (χ1) is 13.1. The van der Waals surface area contributed by atoms with E-state index in [9.17, 15) is 4.79 Å². The number of piperidine rings is 1. The second-order valence-electron chi connectivity index (χ2n) is 6.90. The lowest BCUT2D eigenvalue weighted by Gasteiger charge is -2.32. The molecule has 4 heterocycles. The Balaban J connectivity index is 1.49. The van der Waals surface area contributed by atoms with Gasteiger partial charge in [-0.2, -0.15) is 0 Å². The molecule has 9 nitrogen and oxygen atoms in total. The lowest BCUT2D eigenvalue weighted by molar-refractivity contribution is 0.0697. The van der Waals surface area contributed by atoms with Gasteiger partial charge in [-0.05, 0) is 19.8 Å². The molecule has 27 heavy (non-hydrogen) atoms. The maximum Gasteiger partial charge on any atom is 0.274 e. The van der Waals surface area contributed by atoms with Gasteiger partial charge in [0, 0.05) is 44.6 Å². The summed E-state index contributed by atoms with van der Waals surface area (Å²) in [7, 11) is 1.98. The molecule has 1 aliphatic heterocycles. The Kier molecular flexibility index (Phi) is 4.66. The van der Waals surface area contributed by atoms with Gasteiger partial charge in [-0.3, -0.25) is 9.78 Å². The average molecular weight is 366 g/mol. The fourth-order valence-corrected chi connectivity index (χ4v) is 3.45. The van der Waals surface area contributed by atoms with Crippen molar-refractivity contribution in [2.75, 3.05) is 13.1 Å². The van der Waals surface area contributed by atoms with E-state index in [0.29, 0.717) is 18.8 Å². The van der Waals surface area contributed by atoms with E-state index in [1.165, 1.54) is 0 Å². The Morgan fingerprint density at radius 1 is 1.26 bits per heavy atom. The first-order valence-electron chi connectivity index (χ1n) is 9.03. The van der Waals surface area contributed by atoms with E-state index in [2.05, 4.69) is 25.1 Å². The maximum atomic E-state index is 12.8. The lowest BCUT2D eigenvalue weighted by Crippen LogP contribution is -2.40. The first-order valence-corrected chi connectivity index (χ1v) is 9.03. The summed E-state index contributed by atoms with van der Waals surface area (Å²) >= 11 is 0. The zero-order valence-electron chi connectivity index (χ0n) is 15.5. The van der Waals surface area contributed by atoms with Crippen molar-refractivity contribution in [1.82, 2.24) is 39.2 Å². The van der Waals surface area contributed by atoms with Crippen molar-refractivity contribution >= 4 is 5.91 Å². The zero-order valence-corrected chi connectivity index (χ0v) is 15.5. The standard InChI is InChI=1S/C18H22N8O/c1-13-8-21-15(9-20-13)18(27)26-6-3-4-14(10-26)17-23-22-16(24(17)2)11-25-7-5-19-12-25/h5,7-9,12,14H,3-4,6,10-11H2,1-2H3/t14-/m1/s1. The highest BCUT2D eigenvalue weighted by Gasteiger charge is 2.29. The van der Waals surface area contributed by atoms with Gasteiger partial charge in [-0.15, -0.1) is 10.2 Å². The topological polar surface area (TPSA) is 94.6 Å². The summed E-state index contributed by atoms with van der Waals surface area (Å²) in [5, 5.41) is 8.75. The molecule has 0 aromatic carbocycles. The molecule has 1 saturated heterocycles. The maximum absolute atomic E-state index is 12.8. The Morgan fingerprint density at radius 2 is 2.15 bits per heavy atom. The molecule has 0 bridgehead atoms. The fourth-order valence-electron chi connectivity index (χ4n) is 3.45. The molecular weight excluding hydrogens is 344 g/mol. The molecule has 3 aromatic heterocycles. The molecule has 140 valence electrons. The van der Waals surface area contributed by atoms with E-state index in [1.807, 2.05) is 34.2 Å².